The molecule has 3 aromatic carbocycles. The fourth-order valence-electron chi connectivity index (χ4n) is 3.01. The highest BCUT2D eigenvalue weighted by Crippen LogP contribution is 2.25. The summed E-state index contributed by atoms with van der Waals surface area (Å²) in [6, 6.07) is 18.8. The molecule has 192 valence electrons. The predicted molar refractivity (Wildman–Crippen MR) is 134 cm³/mol. The number of anilines is 1. The van der Waals surface area contributed by atoms with E-state index in [1.165, 1.54) is 49.7 Å². The van der Waals surface area contributed by atoms with E-state index in [4.69, 9.17) is 4.74 Å². The quantitative estimate of drug-likeness (QED) is 0.173. The third-order valence-corrected chi connectivity index (χ3v) is 6.60. The van der Waals surface area contributed by atoms with Crippen LogP contribution in [0.15, 0.2) is 88.9 Å². The lowest BCUT2D eigenvalue weighted by Crippen LogP contribution is -2.39. The van der Waals surface area contributed by atoms with Crippen molar-refractivity contribution < 1.29 is 32.4 Å². The van der Waals surface area contributed by atoms with Gasteiger partial charge in [0.2, 0.25) is 0 Å². The van der Waals surface area contributed by atoms with Gasteiger partial charge in [-0.1, -0.05) is 30.3 Å². The van der Waals surface area contributed by atoms with Crippen molar-refractivity contribution in [1.29, 1.82) is 0 Å². The maximum atomic E-state index is 13.3. The van der Waals surface area contributed by atoms with Crippen LogP contribution in [0.25, 0.3) is 0 Å². The van der Waals surface area contributed by atoms with Crippen LogP contribution in [0.3, 0.4) is 0 Å². The Hall–Kier alpha value is -4.78. The van der Waals surface area contributed by atoms with Crippen LogP contribution >= 0.6 is 0 Å². The molecule has 1 N–H and O–H groups in total. The average molecular weight is 527 g/mol. The Labute approximate surface area is 212 Å². The number of benzene rings is 3. The largest absolute Gasteiger partial charge is 0.482 e. The minimum Gasteiger partial charge on any atom is -0.482 e. The smallest absolute Gasteiger partial charge is 0.343 e. The number of ether oxygens (including phenoxy) is 2. The van der Waals surface area contributed by atoms with Crippen molar-refractivity contribution in [2.45, 2.75) is 4.90 Å². The minimum atomic E-state index is -4.18. The number of esters is 1. The number of nitrogens with zero attached hydrogens (tertiary/aromatic N) is 3. The molecule has 3 aromatic rings. The molecule has 1 amide bonds. The summed E-state index contributed by atoms with van der Waals surface area (Å²) in [7, 11) is -2.94. The topological polar surface area (TPSA) is 158 Å². The summed E-state index contributed by atoms with van der Waals surface area (Å²) in [4.78, 5) is 34.2. The Morgan fingerprint density at radius 1 is 1.05 bits per heavy atom. The number of hydrazone groups is 1. The molecule has 0 unspecified atom stereocenters. The Kier molecular flexibility index (Phi) is 8.89. The molecule has 37 heavy (non-hydrogen) atoms. The third kappa shape index (κ3) is 7.35. The molecule has 0 fully saturated rings. The average Bonchev–Trinajstić information content (AvgIpc) is 2.91. The number of sulfonamides is 1. The summed E-state index contributed by atoms with van der Waals surface area (Å²) in [5.74, 6) is -0.930. The second-order valence-corrected chi connectivity index (χ2v) is 9.19. The molecule has 0 aliphatic heterocycles. The number of non-ortho nitro benzene ring substituents is 1. The van der Waals surface area contributed by atoms with Gasteiger partial charge in [0.05, 0.1) is 28.8 Å². The van der Waals surface area contributed by atoms with E-state index in [0.29, 0.717) is 11.3 Å². The van der Waals surface area contributed by atoms with Crippen molar-refractivity contribution in [1.82, 2.24) is 5.43 Å². The number of amides is 1. The molecule has 3 rings (SSSR count). The molecule has 0 aliphatic rings. The number of carbonyl (C=O) groups excluding carboxylic acids is 2. The van der Waals surface area contributed by atoms with Gasteiger partial charge in [0, 0.05) is 12.1 Å². The Balaban J connectivity index is 1.76. The van der Waals surface area contributed by atoms with Gasteiger partial charge in [0.1, 0.15) is 12.3 Å². The van der Waals surface area contributed by atoms with Gasteiger partial charge in [0.25, 0.3) is 21.6 Å². The standard InChI is InChI=1S/C24H22N4O8S/c1-35-24(30)17-36-21-7-5-6-18(14-21)15-25-26-23(29)16-27(19-10-12-20(13-11-19)28(31)32)37(33,34)22-8-3-2-4-9-22/h2-15H,16-17H2,1H3,(H,26,29)/b25-15-. The van der Waals surface area contributed by atoms with E-state index in [9.17, 15) is 28.1 Å². The number of carbonyl (C=O) groups is 2. The maximum Gasteiger partial charge on any atom is 0.343 e. The first-order chi connectivity index (χ1) is 17.7. The molecule has 0 bridgehead atoms. The van der Waals surface area contributed by atoms with Gasteiger partial charge < -0.3 is 9.47 Å². The number of methoxy groups -OCH3 is 1. The van der Waals surface area contributed by atoms with Crippen LogP contribution in [0.5, 0.6) is 5.75 Å². The predicted octanol–water partition coefficient (Wildman–Crippen LogP) is 2.49. The monoisotopic (exact) mass is 526 g/mol. The van der Waals surface area contributed by atoms with Crippen molar-refractivity contribution in [2.24, 2.45) is 5.10 Å². The molecule has 0 spiro atoms. The van der Waals surface area contributed by atoms with Crippen LogP contribution in [0.4, 0.5) is 11.4 Å². The van der Waals surface area contributed by atoms with Crippen molar-refractivity contribution >= 4 is 39.5 Å². The summed E-state index contributed by atoms with van der Waals surface area (Å²) in [5.41, 5.74) is 2.63. The zero-order valence-corrected chi connectivity index (χ0v) is 20.3. The molecule has 12 nitrogen and oxygen atoms in total. The molecule has 0 aromatic heterocycles. The van der Waals surface area contributed by atoms with E-state index in [-0.39, 0.29) is 22.9 Å². The highest BCUT2D eigenvalue weighted by Gasteiger charge is 2.27. The summed E-state index contributed by atoms with van der Waals surface area (Å²) in [6.07, 6.45) is 1.31. The molecule has 0 atom stereocenters. The lowest BCUT2D eigenvalue weighted by Gasteiger charge is -2.23. The lowest BCUT2D eigenvalue weighted by molar-refractivity contribution is -0.384. The number of rotatable bonds is 11. The zero-order valence-electron chi connectivity index (χ0n) is 19.5. The van der Waals surface area contributed by atoms with Crippen molar-refractivity contribution in [2.75, 3.05) is 24.6 Å². The molecule has 0 saturated carbocycles. The van der Waals surface area contributed by atoms with Gasteiger partial charge >= 0.3 is 5.97 Å². The number of nitro groups is 1. The molecule has 0 heterocycles. The molecule has 0 saturated heterocycles. The third-order valence-electron chi connectivity index (χ3n) is 4.81. The first-order valence-corrected chi connectivity index (χ1v) is 12.1. The molecule has 13 heteroatoms. The Morgan fingerprint density at radius 3 is 2.41 bits per heavy atom. The van der Waals surface area contributed by atoms with Crippen molar-refractivity contribution in [3.8, 4) is 5.75 Å². The second-order valence-electron chi connectivity index (χ2n) is 7.33. The molecular weight excluding hydrogens is 504 g/mol. The summed E-state index contributed by atoms with van der Waals surface area (Å²) in [5, 5.41) is 14.8. The Morgan fingerprint density at radius 2 is 1.76 bits per heavy atom. The SMILES string of the molecule is COC(=O)COc1cccc(/C=N\NC(=O)CN(c2ccc([N+](=O)[O-])cc2)S(=O)(=O)c2ccccc2)c1. The van der Waals surface area contributed by atoms with E-state index in [0.717, 1.165) is 16.4 Å². The fourth-order valence-corrected chi connectivity index (χ4v) is 4.45. The van der Waals surface area contributed by atoms with Crippen LogP contribution < -0.4 is 14.5 Å². The van der Waals surface area contributed by atoms with Crippen LogP contribution in [0, 0.1) is 10.1 Å². The second kappa shape index (κ2) is 12.3. The van der Waals surface area contributed by atoms with Crippen molar-refractivity contribution in [3.05, 3.63) is 94.5 Å². The number of hydrogen-bond acceptors (Lipinski definition) is 9. The van der Waals surface area contributed by atoms with Gasteiger partial charge in [0.15, 0.2) is 6.61 Å². The highest BCUT2D eigenvalue weighted by molar-refractivity contribution is 7.92. The van der Waals surface area contributed by atoms with Crippen LogP contribution in [0.1, 0.15) is 5.56 Å². The van der Waals surface area contributed by atoms with Crippen LogP contribution in [0.2, 0.25) is 0 Å². The van der Waals surface area contributed by atoms with E-state index < -0.39 is 33.4 Å². The number of nitro benzene ring substituents is 1. The van der Waals surface area contributed by atoms with E-state index in [1.54, 1.807) is 30.3 Å². The van der Waals surface area contributed by atoms with E-state index >= 15 is 0 Å². The minimum absolute atomic E-state index is 0.0593. The first-order valence-electron chi connectivity index (χ1n) is 10.6. The van der Waals surface area contributed by atoms with Gasteiger partial charge in [-0.2, -0.15) is 5.10 Å². The molecular formula is C24H22N4O8S. The first kappa shape index (κ1) is 26.8. The maximum absolute atomic E-state index is 13.3. The summed E-state index contributed by atoms with van der Waals surface area (Å²) >= 11 is 0. The summed E-state index contributed by atoms with van der Waals surface area (Å²) in [6.45, 7) is -0.920. The molecule has 0 aliphatic carbocycles. The van der Waals surface area contributed by atoms with Crippen LogP contribution in [-0.4, -0.2) is 51.7 Å². The Bertz CT molecular complexity index is 1390. The highest BCUT2D eigenvalue weighted by atomic mass is 32.2. The van der Waals surface area contributed by atoms with Gasteiger partial charge in [-0.05, 0) is 42.0 Å². The zero-order chi connectivity index (χ0) is 26.8. The van der Waals surface area contributed by atoms with Crippen LogP contribution in [-0.2, 0) is 24.3 Å². The molecule has 0 radical (unpaired) electrons. The van der Waals surface area contributed by atoms with Gasteiger partial charge in [-0.25, -0.2) is 18.6 Å². The number of nitrogens with one attached hydrogen (secondary N) is 1. The van der Waals surface area contributed by atoms with Gasteiger partial charge in [-0.3, -0.25) is 19.2 Å². The van der Waals surface area contributed by atoms with E-state index in [2.05, 4.69) is 15.3 Å². The van der Waals surface area contributed by atoms with Crippen molar-refractivity contribution in [3.63, 3.8) is 0 Å². The summed E-state index contributed by atoms with van der Waals surface area (Å²) < 4.78 is 37.2. The fraction of sp³-hybridized carbons (Fsp3) is 0.125. The number of hydrogen-bond donors (Lipinski definition) is 1. The lowest BCUT2D eigenvalue weighted by atomic mass is 10.2. The van der Waals surface area contributed by atoms with Gasteiger partial charge in [-0.15, -0.1) is 0 Å². The van der Waals surface area contributed by atoms with E-state index in [1.807, 2.05) is 0 Å². The normalized spacial score (nSPS) is 11.1.